The highest BCUT2D eigenvalue weighted by Gasteiger charge is 2.35. The Balaban J connectivity index is 1.85. The number of phenolic OH excluding ortho intramolecular Hbond substituents is 1. The molecule has 2 aliphatic carbocycles. The van der Waals surface area contributed by atoms with E-state index in [1.54, 1.807) is 12.1 Å². The van der Waals surface area contributed by atoms with Gasteiger partial charge in [0.2, 0.25) is 0 Å². The third-order valence-corrected chi connectivity index (χ3v) is 7.52. The number of Topliss-reactive ketones (excluding diaryl/α,β-unsaturated/α-hetero) is 2. The van der Waals surface area contributed by atoms with Crippen LogP contribution in [0.5, 0.6) is 5.75 Å². The number of aromatic hydroxyl groups is 1. The van der Waals surface area contributed by atoms with E-state index in [0.717, 1.165) is 34.3 Å². The Morgan fingerprint density at radius 1 is 0.912 bits per heavy atom. The van der Waals surface area contributed by atoms with Crippen LogP contribution in [0, 0.1) is 0 Å². The van der Waals surface area contributed by atoms with Gasteiger partial charge in [0, 0.05) is 50.3 Å². The third-order valence-electron chi connectivity index (χ3n) is 6.76. The van der Waals surface area contributed by atoms with E-state index in [4.69, 9.17) is 16.6 Å². The topological polar surface area (TPSA) is 71.7 Å². The molecule has 4 aromatic rings. The molecule has 2 aromatic carbocycles. The molecule has 0 aliphatic heterocycles. The largest absolute Gasteiger partial charge is 0.507 e. The number of carbonyl (C=O) groups excluding carboxylic acids is 2. The molecule has 2 aromatic heterocycles. The molecule has 34 heavy (non-hydrogen) atoms. The molecule has 6 rings (SSSR count). The van der Waals surface area contributed by atoms with E-state index in [2.05, 4.69) is 15.9 Å². The zero-order valence-electron chi connectivity index (χ0n) is 18.2. The van der Waals surface area contributed by atoms with Gasteiger partial charge in [-0.05, 0) is 56.0 Å². The molecular formula is C27H20BrClN2O3. The highest BCUT2D eigenvalue weighted by molar-refractivity contribution is 9.10. The monoisotopic (exact) mass is 534 g/mol. The second-order valence-electron chi connectivity index (χ2n) is 8.86. The summed E-state index contributed by atoms with van der Waals surface area (Å²) in [6.07, 6.45) is 3.74. The minimum atomic E-state index is 0.0121. The van der Waals surface area contributed by atoms with Crippen molar-refractivity contribution < 1.29 is 14.7 Å². The van der Waals surface area contributed by atoms with Crippen LogP contribution in [-0.2, 0) is 12.8 Å². The molecule has 0 atom stereocenters. The van der Waals surface area contributed by atoms with Gasteiger partial charge in [0.15, 0.2) is 11.6 Å². The lowest BCUT2D eigenvalue weighted by Gasteiger charge is -2.21. The molecule has 1 N–H and O–H groups in total. The van der Waals surface area contributed by atoms with Gasteiger partial charge in [-0.1, -0.05) is 39.7 Å². The Morgan fingerprint density at radius 3 is 2.44 bits per heavy atom. The first-order chi connectivity index (χ1) is 16.4. The standard InChI is InChI=1S/C27H20BrClN2O3/c28-15-9-7-14(8-10-15)25-27-23(17-13-16(29)11-12-20(17)32)24-19(4-2-5-21(24)33)31(27)26-18(30-25)3-1-6-22(26)34/h7-13,32H,1-6H2. The van der Waals surface area contributed by atoms with Crippen LogP contribution >= 0.6 is 27.5 Å². The number of ketones is 2. The van der Waals surface area contributed by atoms with Crippen LogP contribution in [0.25, 0.3) is 27.9 Å². The van der Waals surface area contributed by atoms with Crippen LogP contribution in [0.2, 0.25) is 5.02 Å². The third kappa shape index (κ3) is 3.23. The van der Waals surface area contributed by atoms with E-state index in [9.17, 15) is 14.7 Å². The maximum absolute atomic E-state index is 13.3. The summed E-state index contributed by atoms with van der Waals surface area (Å²) in [6.45, 7) is 0. The van der Waals surface area contributed by atoms with E-state index in [0.29, 0.717) is 64.3 Å². The second-order valence-corrected chi connectivity index (χ2v) is 10.2. The van der Waals surface area contributed by atoms with Crippen molar-refractivity contribution in [2.45, 2.75) is 38.5 Å². The van der Waals surface area contributed by atoms with E-state index in [-0.39, 0.29) is 17.3 Å². The maximum atomic E-state index is 13.3. The number of hydrogen-bond acceptors (Lipinski definition) is 4. The quantitative estimate of drug-likeness (QED) is 0.305. The summed E-state index contributed by atoms with van der Waals surface area (Å²) in [5, 5.41) is 11.3. The number of nitrogens with zero attached hydrogens (tertiary/aromatic N) is 2. The van der Waals surface area contributed by atoms with Crippen LogP contribution in [0.1, 0.15) is 57.9 Å². The van der Waals surface area contributed by atoms with Crippen LogP contribution < -0.4 is 0 Å². The lowest BCUT2D eigenvalue weighted by atomic mass is 9.90. The Morgan fingerprint density at radius 2 is 1.65 bits per heavy atom. The number of aromatic nitrogens is 2. The SMILES string of the molecule is O=C1CCCc2c1c(-c1cc(Cl)ccc1O)c1c(-c3ccc(Br)cc3)nc3c(n21)C(=O)CCC3. The molecule has 0 radical (unpaired) electrons. The molecule has 0 bridgehead atoms. The molecule has 0 unspecified atom stereocenters. The molecular weight excluding hydrogens is 516 g/mol. The number of halogens is 2. The van der Waals surface area contributed by atoms with Crippen molar-refractivity contribution >= 4 is 44.6 Å². The Labute approximate surface area is 209 Å². The summed E-state index contributed by atoms with van der Waals surface area (Å²) in [5.74, 6) is 0.0840. The molecule has 0 saturated carbocycles. The van der Waals surface area contributed by atoms with Gasteiger partial charge >= 0.3 is 0 Å². The zero-order valence-corrected chi connectivity index (χ0v) is 20.5. The van der Waals surface area contributed by atoms with E-state index in [1.165, 1.54) is 6.07 Å². The molecule has 7 heteroatoms. The number of rotatable bonds is 2. The average molecular weight is 536 g/mol. The molecule has 170 valence electrons. The van der Waals surface area contributed by atoms with Crippen molar-refractivity contribution in [2.24, 2.45) is 0 Å². The zero-order chi connectivity index (χ0) is 23.6. The van der Waals surface area contributed by atoms with Crippen molar-refractivity contribution in [3.8, 4) is 28.1 Å². The molecule has 5 nitrogen and oxygen atoms in total. The molecule has 2 heterocycles. The first kappa shape index (κ1) is 21.6. The fourth-order valence-electron chi connectivity index (χ4n) is 5.32. The number of benzene rings is 2. The van der Waals surface area contributed by atoms with Crippen LogP contribution in [0.4, 0.5) is 0 Å². The second kappa shape index (κ2) is 8.07. The summed E-state index contributed by atoms with van der Waals surface area (Å²) >= 11 is 9.84. The lowest BCUT2D eigenvalue weighted by molar-refractivity contribution is 0.0954. The lowest BCUT2D eigenvalue weighted by Crippen LogP contribution is -2.20. The summed E-state index contributed by atoms with van der Waals surface area (Å²) in [4.78, 5) is 31.6. The maximum Gasteiger partial charge on any atom is 0.181 e. The van der Waals surface area contributed by atoms with Crippen molar-refractivity contribution in [1.82, 2.24) is 9.38 Å². The van der Waals surface area contributed by atoms with Crippen LogP contribution in [0.15, 0.2) is 46.9 Å². The Bertz CT molecular complexity index is 1520. The van der Waals surface area contributed by atoms with Crippen molar-refractivity contribution in [3.63, 3.8) is 0 Å². The molecule has 0 saturated heterocycles. The predicted molar refractivity (Wildman–Crippen MR) is 135 cm³/mol. The van der Waals surface area contributed by atoms with Crippen LogP contribution in [-0.4, -0.2) is 26.1 Å². The van der Waals surface area contributed by atoms with E-state index in [1.807, 2.05) is 28.7 Å². The molecule has 0 fully saturated rings. The summed E-state index contributed by atoms with van der Waals surface area (Å²) < 4.78 is 2.92. The first-order valence-electron chi connectivity index (χ1n) is 11.4. The average Bonchev–Trinajstić information content (AvgIpc) is 3.17. The van der Waals surface area contributed by atoms with Gasteiger partial charge in [-0.2, -0.15) is 0 Å². The smallest absolute Gasteiger partial charge is 0.181 e. The summed E-state index contributed by atoms with van der Waals surface area (Å²) in [5.41, 5.74) is 6.05. The number of fused-ring (bicyclic) bond motifs is 5. The molecule has 0 amide bonds. The molecule has 2 aliphatic rings. The van der Waals surface area contributed by atoms with Gasteiger partial charge in [-0.3, -0.25) is 9.59 Å². The van der Waals surface area contributed by atoms with Gasteiger partial charge in [0.25, 0.3) is 0 Å². The number of phenols is 1. The molecule has 0 spiro atoms. The van der Waals surface area contributed by atoms with E-state index < -0.39 is 0 Å². The number of hydrogen-bond donors (Lipinski definition) is 1. The Kier molecular flexibility index (Phi) is 5.12. The first-order valence-corrected chi connectivity index (χ1v) is 12.5. The fraction of sp³-hybridized carbons (Fsp3) is 0.222. The summed E-state index contributed by atoms with van der Waals surface area (Å²) in [7, 11) is 0. The van der Waals surface area contributed by atoms with Gasteiger partial charge < -0.3 is 9.51 Å². The van der Waals surface area contributed by atoms with Crippen LogP contribution in [0.3, 0.4) is 0 Å². The number of aryl methyl sites for hydroxylation is 2. The van der Waals surface area contributed by atoms with E-state index >= 15 is 0 Å². The predicted octanol–water partition coefficient (Wildman–Crippen LogP) is 6.83. The van der Waals surface area contributed by atoms with Gasteiger partial charge in [-0.15, -0.1) is 0 Å². The highest BCUT2D eigenvalue weighted by Crippen LogP contribution is 2.46. The minimum Gasteiger partial charge on any atom is -0.507 e. The Hall–Kier alpha value is -2.96. The number of carbonyl (C=O) groups is 2. The van der Waals surface area contributed by atoms with Gasteiger partial charge in [0.1, 0.15) is 11.4 Å². The van der Waals surface area contributed by atoms with Gasteiger partial charge in [-0.25, -0.2) is 4.98 Å². The fourth-order valence-corrected chi connectivity index (χ4v) is 5.75. The normalized spacial score (nSPS) is 15.5. The van der Waals surface area contributed by atoms with Gasteiger partial charge in [0.05, 0.1) is 16.9 Å². The summed E-state index contributed by atoms with van der Waals surface area (Å²) in [6, 6.07) is 12.7. The highest BCUT2D eigenvalue weighted by atomic mass is 79.9. The minimum absolute atomic E-state index is 0.0121. The van der Waals surface area contributed by atoms with Crippen molar-refractivity contribution in [2.75, 3.05) is 0 Å². The van der Waals surface area contributed by atoms with Crippen molar-refractivity contribution in [3.05, 3.63) is 74.6 Å². The van der Waals surface area contributed by atoms with Crippen molar-refractivity contribution in [1.29, 1.82) is 0 Å².